The molecule has 1 fully saturated rings. The number of fused-ring (bicyclic) bond motifs is 1. The highest BCUT2D eigenvalue weighted by molar-refractivity contribution is 7.89. The molecule has 1 N–H and O–H groups in total. The lowest BCUT2D eigenvalue weighted by Crippen LogP contribution is -2.35. The van der Waals surface area contributed by atoms with Crippen molar-refractivity contribution in [1.29, 1.82) is 0 Å². The standard InChI is InChI=1S/C24H30N2O3S/c1-17-9-12-22(30(28,29)26-13-4-3-5-14-26)16-23(17)24(27)25-18(2)20-11-10-19-7-6-8-21(19)15-20/h9-12,15-16,18H,3-8,13-14H2,1-2H3,(H,25,27)/t18-/m0/s1. The summed E-state index contributed by atoms with van der Waals surface area (Å²) in [5, 5.41) is 3.06. The molecule has 0 bridgehead atoms. The molecule has 1 amide bonds. The van der Waals surface area contributed by atoms with E-state index in [1.165, 1.54) is 27.9 Å². The van der Waals surface area contributed by atoms with Gasteiger partial charge in [0.2, 0.25) is 10.0 Å². The Balaban J connectivity index is 1.54. The van der Waals surface area contributed by atoms with E-state index < -0.39 is 10.0 Å². The van der Waals surface area contributed by atoms with Crippen molar-refractivity contribution < 1.29 is 13.2 Å². The van der Waals surface area contributed by atoms with Crippen LogP contribution < -0.4 is 5.32 Å². The fourth-order valence-corrected chi connectivity index (χ4v) is 6.02. The zero-order valence-corrected chi connectivity index (χ0v) is 18.6. The van der Waals surface area contributed by atoms with Gasteiger partial charge < -0.3 is 5.32 Å². The highest BCUT2D eigenvalue weighted by Gasteiger charge is 2.27. The topological polar surface area (TPSA) is 66.5 Å². The van der Waals surface area contributed by atoms with Crippen LogP contribution in [0.4, 0.5) is 0 Å². The average molecular weight is 427 g/mol. The number of piperidine rings is 1. The maximum absolute atomic E-state index is 13.0. The number of rotatable bonds is 5. The molecule has 0 spiro atoms. The fourth-order valence-electron chi connectivity index (χ4n) is 4.48. The Labute approximate surface area is 179 Å². The number of amides is 1. The Kier molecular flexibility index (Phi) is 5.98. The van der Waals surface area contributed by atoms with Gasteiger partial charge in [-0.2, -0.15) is 4.31 Å². The maximum atomic E-state index is 13.0. The lowest BCUT2D eigenvalue weighted by molar-refractivity contribution is 0.0939. The van der Waals surface area contributed by atoms with E-state index in [0.29, 0.717) is 18.7 Å². The van der Waals surface area contributed by atoms with E-state index in [-0.39, 0.29) is 16.8 Å². The molecular formula is C24H30N2O3S. The van der Waals surface area contributed by atoms with Gasteiger partial charge in [0, 0.05) is 18.7 Å². The minimum Gasteiger partial charge on any atom is -0.346 e. The minimum absolute atomic E-state index is 0.148. The first-order valence-electron chi connectivity index (χ1n) is 10.9. The summed E-state index contributed by atoms with van der Waals surface area (Å²) in [4.78, 5) is 13.2. The summed E-state index contributed by atoms with van der Waals surface area (Å²) in [6.07, 6.45) is 6.26. The second-order valence-electron chi connectivity index (χ2n) is 8.52. The van der Waals surface area contributed by atoms with Gasteiger partial charge in [0.15, 0.2) is 0 Å². The van der Waals surface area contributed by atoms with Gasteiger partial charge >= 0.3 is 0 Å². The normalized spacial score (nSPS) is 18.1. The predicted molar refractivity (Wildman–Crippen MR) is 118 cm³/mol. The molecular weight excluding hydrogens is 396 g/mol. The van der Waals surface area contributed by atoms with Crippen LogP contribution in [0, 0.1) is 6.92 Å². The van der Waals surface area contributed by atoms with Crippen LogP contribution >= 0.6 is 0 Å². The zero-order chi connectivity index (χ0) is 21.3. The van der Waals surface area contributed by atoms with Gasteiger partial charge in [-0.1, -0.05) is 30.7 Å². The molecule has 2 aromatic rings. The summed E-state index contributed by atoms with van der Waals surface area (Å²) in [6, 6.07) is 11.2. The molecule has 2 aromatic carbocycles. The van der Waals surface area contributed by atoms with Crippen LogP contribution in [0.2, 0.25) is 0 Å². The molecule has 0 radical (unpaired) electrons. The summed E-state index contributed by atoms with van der Waals surface area (Å²) in [5.74, 6) is -0.240. The van der Waals surface area contributed by atoms with Crippen molar-refractivity contribution in [2.24, 2.45) is 0 Å². The highest BCUT2D eigenvalue weighted by atomic mass is 32.2. The van der Waals surface area contributed by atoms with Crippen molar-refractivity contribution in [3.05, 3.63) is 64.2 Å². The summed E-state index contributed by atoms with van der Waals surface area (Å²) in [7, 11) is -3.57. The molecule has 0 saturated carbocycles. The van der Waals surface area contributed by atoms with E-state index in [1.807, 2.05) is 13.8 Å². The van der Waals surface area contributed by atoms with Crippen LogP contribution in [0.25, 0.3) is 0 Å². The van der Waals surface area contributed by atoms with Gasteiger partial charge in [0.25, 0.3) is 5.91 Å². The fraction of sp³-hybridized carbons (Fsp3) is 0.458. The predicted octanol–water partition coefficient (Wildman–Crippen LogP) is 4.15. The molecule has 1 heterocycles. The average Bonchev–Trinajstić information content (AvgIpc) is 3.22. The van der Waals surface area contributed by atoms with Crippen molar-refractivity contribution in [3.8, 4) is 0 Å². The number of carbonyl (C=O) groups excluding carboxylic acids is 1. The molecule has 6 heteroatoms. The Hall–Kier alpha value is -2.18. The number of benzene rings is 2. The van der Waals surface area contributed by atoms with E-state index in [1.54, 1.807) is 12.1 Å². The number of aryl methyl sites for hydroxylation is 3. The summed E-state index contributed by atoms with van der Waals surface area (Å²) in [6.45, 7) is 4.91. The van der Waals surface area contributed by atoms with E-state index in [9.17, 15) is 13.2 Å². The summed E-state index contributed by atoms with van der Waals surface area (Å²) < 4.78 is 27.6. The molecule has 1 aliphatic carbocycles. The smallest absolute Gasteiger partial charge is 0.252 e. The second-order valence-corrected chi connectivity index (χ2v) is 10.5. The Morgan fingerprint density at radius 1 is 0.967 bits per heavy atom. The van der Waals surface area contributed by atoms with Crippen LogP contribution in [0.3, 0.4) is 0 Å². The Morgan fingerprint density at radius 3 is 2.47 bits per heavy atom. The maximum Gasteiger partial charge on any atom is 0.252 e. The number of hydrogen-bond donors (Lipinski definition) is 1. The number of hydrogen-bond acceptors (Lipinski definition) is 3. The Morgan fingerprint density at radius 2 is 1.70 bits per heavy atom. The molecule has 160 valence electrons. The van der Waals surface area contributed by atoms with Crippen molar-refractivity contribution in [3.63, 3.8) is 0 Å². The van der Waals surface area contributed by atoms with Crippen molar-refractivity contribution in [1.82, 2.24) is 9.62 Å². The number of nitrogens with one attached hydrogen (secondary N) is 1. The number of sulfonamides is 1. The van der Waals surface area contributed by atoms with E-state index >= 15 is 0 Å². The van der Waals surface area contributed by atoms with Crippen LogP contribution in [0.1, 0.15) is 71.3 Å². The zero-order valence-electron chi connectivity index (χ0n) is 17.8. The number of carbonyl (C=O) groups is 1. The minimum atomic E-state index is -3.57. The third-order valence-corrected chi connectivity index (χ3v) is 8.27. The van der Waals surface area contributed by atoms with Gasteiger partial charge in [-0.3, -0.25) is 4.79 Å². The lowest BCUT2D eigenvalue weighted by Gasteiger charge is -2.26. The van der Waals surface area contributed by atoms with Crippen molar-refractivity contribution in [2.45, 2.75) is 63.3 Å². The lowest BCUT2D eigenvalue weighted by atomic mass is 10.0. The highest BCUT2D eigenvalue weighted by Crippen LogP contribution is 2.26. The Bertz CT molecular complexity index is 1060. The van der Waals surface area contributed by atoms with E-state index in [2.05, 4.69) is 23.5 Å². The van der Waals surface area contributed by atoms with Gasteiger partial charge in [-0.25, -0.2) is 8.42 Å². The largest absolute Gasteiger partial charge is 0.346 e. The molecule has 2 aliphatic rings. The molecule has 1 atom stereocenters. The second kappa shape index (κ2) is 8.52. The molecule has 4 rings (SSSR count). The van der Waals surface area contributed by atoms with Gasteiger partial charge in [0.1, 0.15) is 0 Å². The van der Waals surface area contributed by atoms with E-state index in [0.717, 1.165) is 43.2 Å². The SMILES string of the molecule is Cc1ccc(S(=O)(=O)N2CCCCC2)cc1C(=O)N[C@@H](C)c1ccc2c(c1)CCC2. The van der Waals surface area contributed by atoms with Crippen molar-refractivity contribution >= 4 is 15.9 Å². The molecule has 30 heavy (non-hydrogen) atoms. The molecule has 0 aromatic heterocycles. The number of nitrogens with zero attached hydrogens (tertiary/aromatic N) is 1. The monoisotopic (exact) mass is 426 g/mol. The first-order chi connectivity index (χ1) is 14.4. The van der Waals surface area contributed by atoms with Crippen LogP contribution in [-0.2, 0) is 22.9 Å². The first-order valence-corrected chi connectivity index (χ1v) is 12.3. The van der Waals surface area contributed by atoms with Gasteiger partial charge in [-0.05, 0) is 80.3 Å². The molecule has 0 unspecified atom stereocenters. The van der Waals surface area contributed by atoms with E-state index in [4.69, 9.17) is 0 Å². The third-order valence-electron chi connectivity index (χ3n) is 6.38. The van der Waals surface area contributed by atoms with Crippen molar-refractivity contribution in [2.75, 3.05) is 13.1 Å². The quantitative estimate of drug-likeness (QED) is 0.781. The molecule has 1 aliphatic heterocycles. The first kappa shape index (κ1) is 21.1. The summed E-state index contributed by atoms with van der Waals surface area (Å²) >= 11 is 0. The van der Waals surface area contributed by atoms with Crippen LogP contribution in [-0.4, -0.2) is 31.7 Å². The molecule has 1 saturated heterocycles. The van der Waals surface area contributed by atoms with Gasteiger partial charge in [0.05, 0.1) is 10.9 Å². The third kappa shape index (κ3) is 4.16. The van der Waals surface area contributed by atoms with Crippen LogP contribution in [0.5, 0.6) is 0 Å². The molecule has 5 nitrogen and oxygen atoms in total. The summed E-state index contributed by atoms with van der Waals surface area (Å²) in [5.41, 5.74) is 5.05. The van der Waals surface area contributed by atoms with Gasteiger partial charge in [-0.15, -0.1) is 0 Å². The van der Waals surface area contributed by atoms with Crippen LogP contribution in [0.15, 0.2) is 41.3 Å².